The molecule has 0 aliphatic heterocycles. The Kier molecular flexibility index (Phi) is 4.72. The summed E-state index contributed by atoms with van der Waals surface area (Å²) in [6, 6.07) is 19.3. The Balaban J connectivity index is 2.14. The first-order valence-corrected chi connectivity index (χ1v) is 10.2. The number of benzene rings is 3. The van der Waals surface area contributed by atoms with E-state index in [4.69, 9.17) is 11.6 Å². The second-order valence-corrected chi connectivity index (χ2v) is 8.66. The molecular weight excluding hydrogens is 352 g/mol. The molecule has 0 saturated heterocycles. The molecule has 25 heavy (non-hydrogen) atoms. The third-order valence-electron chi connectivity index (χ3n) is 4.27. The van der Waals surface area contributed by atoms with Crippen LogP contribution in [0.3, 0.4) is 0 Å². The first kappa shape index (κ1) is 17.7. The Morgan fingerprint density at radius 1 is 0.760 bits per heavy atom. The summed E-state index contributed by atoms with van der Waals surface area (Å²) in [6.07, 6.45) is 1.22. The van der Waals surface area contributed by atoms with E-state index in [1.54, 1.807) is 12.1 Å². The van der Waals surface area contributed by atoms with E-state index in [1.165, 1.54) is 6.26 Å². The number of halogens is 1. The molecule has 0 bridgehead atoms. The number of sulfone groups is 1. The van der Waals surface area contributed by atoms with Gasteiger partial charge in [-0.1, -0.05) is 48.0 Å². The SMILES string of the molecule is Cc1cc(-c2ccccc2-c2ccc(S(C)(=O)=O)cc2)cc(C)c1Cl. The zero-order valence-electron chi connectivity index (χ0n) is 14.4. The summed E-state index contributed by atoms with van der Waals surface area (Å²) in [4.78, 5) is 0.326. The van der Waals surface area contributed by atoms with Crippen molar-refractivity contribution in [1.29, 1.82) is 0 Å². The van der Waals surface area contributed by atoms with E-state index in [2.05, 4.69) is 18.2 Å². The van der Waals surface area contributed by atoms with Crippen molar-refractivity contribution in [2.45, 2.75) is 18.7 Å². The predicted molar refractivity (Wildman–Crippen MR) is 105 cm³/mol. The van der Waals surface area contributed by atoms with Crippen LogP contribution in [-0.2, 0) is 9.84 Å². The van der Waals surface area contributed by atoms with Crippen LogP contribution < -0.4 is 0 Å². The molecule has 0 aliphatic carbocycles. The van der Waals surface area contributed by atoms with Crippen molar-refractivity contribution in [3.05, 3.63) is 76.8 Å². The van der Waals surface area contributed by atoms with Crippen LogP contribution in [0.1, 0.15) is 11.1 Å². The molecular formula is C21H19ClO2S. The average Bonchev–Trinajstić information content (AvgIpc) is 2.58. The Morgan fingerprint density at radius 3 is 1.72 bits per heavy atom. The summed E-state index contributed by atoms with van der Waals surface area (Å²) in [5.41, 5.74) is 6.31. The number of aryl methyl sites for hydroxylation is 2. The minimum absolute atomic E-state index is 0.326. The Morgan fingerprint density at radius 2 is 1.24 bits per heavy atom. The first-order valence-electron chi connectivity index (χ1n) is 7.94. The molecule has 0 aromatic heterocycles. The van der Waals surface area contributed by atoms with Gasteiger partial charge in [-0.25, -0.2) is 8.42 Å². The molecule has 4 heteroatoms. The summed E-state index contributed by atoms with van der Waals surface area (Å²) in [5.74, 6) is 0. The molecule has 3 aromatic carbocycles. The molecule has 0 atom stereocenters. The predicted octanol–water partition coefficient (Wildman–Crippen LogP) is 5.69. The maximum atomic E-state index is 11.7. The van der Waals surface area contributed by atoms with Crippen LogP contribution >= 0.6 is 11.6 Å². The van der Waals surface area contributed by atoms with Gasteiger partial charge in [0.1, 0.15) is 0 Å². The Hall–Kier alpha value is -2.10. The van der Waals surface area contributed by atoms with Crippen molar-refractivity contribution in [2.24, 2.45) is 0 Å². The minimum atomic E-state index is -3.19. The topological polar surface area (TPSA) is 34.1 Å². The van der Waals surface area contributed by atoms with Crippen molar-refractivity contribution in [3.8, 4) is 22.3 Å². The van der Waals surface area contributed by atoms with Crippen molar-refractivity contribution in [2.75, 3.05) is 6.26 Å². The second kappa shape index (κ2) is 6.66. The fourth-order valence-corrected chi connectivity index (χ4v) is 3.71. The Labute approximate surface area is 154 Å². The smallest absolute Gasteiger partial charge is 0.175 e. The van der Waals surface area contributed by atoms with Crippen LogP contribution in [0.15, 0.2) is 65.6 Å². The van der Waals surface area contributed by atoms with Gasteiger partial charge in [0.15, 0.2) is 9.84 Å². The van der Waals surface area contributed by atoms with Crippen LogP contribution in [0.5, 0.6) is 0 Å². The molecule has 0 fully saturated rings. The monoisotopic (exact) mass is 370 g/mol. The molecule has 0 spiro atoms. The van der Waals surface area contributed by atoms with Gasteiger partial charge in [0.25, 0.3) is 0 Å². The van der Waals surface area contributed by atoms with E-state index < -0.39 is 9.84 Å². The molecule has 3 rings (SSSR count). The second-order valence-electron chi connectivity index (χ2n) is 6.27. The third-order valence-corrected chi connectivity index (χ3v) is 5.99. The molecule has 0 saturated carbocycles. The highest BCUT2D eigenvalue weighted by atomic mass is 35.5. The standard InChI is InChI=1S/C21H19ClO2S/c1-14-12-17(13-15(2)21(14)22)20-7-5-4-6-19(20)16-8-10-18(11-9-16)25(3,23)24/h4-13H,1-3H3. The summed E-state index contributed by atoms with van der Waals surface area (Å²) >= 11 is 6.30. The van der Waals surface area contributed by atoms with Gasteiger partial charge < -0.3 is 0 Å². The van der Waals surface area contributed by atoms with Crippen molar-refractivity contribution >= 4 is 21.4 Å². The molecule has 0 N–H and O–H groups in total. The van der Waals surface area contributed by atoms with Crippen molar-refractivity contribution < 1.29 is 8.42 Å². The highest BCUT2D eigenvalue weighted by Crippen LogP contribution is 2.35. The summed E-state index contributed by atoms with van der Waals surface area (Å²) < 4.78 is 23.3. The molecule has 0 unspecified atom stereocenters. The Bertz CT molecular complexity index is 1010. The van der Waals surface area contributed by atoms with Gasteiger partial charge in [-0.3, -0.25) is 0 Å². The largest absolute Gasteiger partial charge is 0.224 e. The van der Waals surface area contributed by atoms with Crippen molar-refractivity contribution in [1.82, 2.24) is 0 Å². The van der Waals surface area contributed by atoms with Gasteiger partial charge in [-0.2, -0.15) is 0 Å². The third kappa shape index (κ3) is 3.63. The number of hydrogen-bond donors (Lipinski definition) is 0. The van der Waals surface area contributed by atoms with Gasteiger partial charge in [0.2, 0.25) is 0 Å². The molecule has 0 amide bonds. The fraction of sp³-hybridized carbons (Fsp3) is 0.143. The first-order chi connectivity index (χ1) is 11.8. The normalized spacial score (nSPS) is 11.5. The molecule has 3 aromatic rings. The van der Waals surface area contributed by atoms with Crippen molar-refractivity contribution in [3.63, 3.8) is 0 Å². The summed E-state index contributed by atoms with van der Waals surface area (Å²) in [7, 11) is -3.19. The number of rotatable bonds is 3. The lowest BCUT2D eigenvalue weighted by molar-refractivity contribution is 0.602. The van der Waals surface area contributed by atoms with E-state index in [-0.39, 0.29) is 0 Å². The lowest BCUT2D eigenvalue weighted by atomic mass is 9.93. The maximum absolute atomic E-state index is 11.7. The fourth-order valence-electron chi connectivity index (χ4n) is 2.97. The summed E-state index contributed by atoms with van der Waals surface area (Å²) in [5, 5.41) is 0.790. The summed E-state index contributed by atoms with van der Waals surface area (Å²) in [6.45, 7) is 4.00. The molecule has 2 nitrogen and oxygen atoms in total. The zero-order chi connectivity index (χ0) is 18.2. The molecule has 0 radical (unpaired) electrons. The average molecular weight is 371 g/mol. The van der Waals surface area contributed by atoms with Gasteiger partial charge in [0.05, 0.1) is 4.90 Å². The lowest BCUT2D eigenvalue weighted by Crippen LogP contribution is -1.96. The molecule has 0 aliphatic rings. The molecule has 128 valence electrons. The minimum Gasteiger partial charge on any atom is -0.224 e. The maximum Gasteiger partial charge on any atom is 0.175 e. The van der Waals surface area contributed by atoms with Crippen LogP contribution in [0, 0.1) is 13.8 Å². The lowest BCUT2D eigenvalue weighted by Gasteiger charge is -2.13. The van der Waals surface area contributed by atoms with Gasteiger partial charge >= 0.3 is 0 Å². The highest BCUT2D eigenvalue weighted by molar-refractivity contribution is 7.90. The molecule has 0 heterocycles. The van der Waals surface area contributed by atoms with E-state index >= 15 is 0 Å². The van der Waals surface area contributed by atoms with Crippen LogP contribution in [0.25, 0.3) is 22.3 Å². The van der Waals surface area contributed by atoms with Gasteiger partial charge in [0, 0.05) is 11.3 Å². The van der Waals surface area contributed by atoms with E-state index in [9.17, 15) is 8.42 Å². The quantitative estimate of drug-likeness (QED) is 0.593. The van der Waals surface area contributed by atoms with Crippen LogP contribution in [0.4, 0.5) is 0 Å². The van der Waals surface area contributed by atoms with E-state index in [1.807, 2.05) is 44.2 Å². The van der Waals surface area contributed by atoms with E-state index in [0.29, 0.717) is 4.90 Å². The van der Waals surface area contributed by atoms with Crippen LogP contribution in [0.2, 0.25) is 5.02 Å². The number of hydrogen-bond acceptors (Lipinski definition) is 2. The van der Waals surface area contributed by atoms with Crippen LogP contribution in [-0.4, -0.2) is 14.7 Å². The highest BCUT2D eigenvalue weighted by Gasteiger charge is 2.11. The van der Waals surface area contributed by atoms with E-state index in [0.717, 1.165) is 38.4 Å². The van der Waals surface area contributed by atoms with Gasteiger partial charge in [-0.15, -0.1) is 0 Å². The van der Waals surface area contributed by atoms with Gasteiger partial charge in [-0.05, 0) is 71.5 Å². The zero-order valence-corrected chi connectivity index (χ0v) is 15.9.